The molecule has 1 aliphatic heterocycles. The molecular formula is C21H25N5O. The fourth-order valence-corrected chi connectivity index (χ4v) is 3.70. The Morgan fingerprint density at radius 1 is 1.19 bits per heavy atom. The van der Waals surface area contributed by atoms with Gasteiger partial charge in [-0.1, -0.05) is 6.42 Å². The van der Waals surface area contributed by atoms with Crippen LogP contribution in [-0.4, -0.2) is 49.6 Å². The molecule has 0 radical (unpaired) electrons. The first-order valence-electron chi connectivity index (χ1n) is 9.61. The Balaban J connectivity index is 1.54. The zero-order chi connectivity index (χ0) is 18.8. The van der Waals surface area contributed by atoms with Crippen molar-refractivity contribution in [2.45, 2.75) is 38.6 Å². The zero-order valence-electron chi connectivity index (χ0n) is 15.9. The molecular weight excluding hydrogens is 338 g/mol. The number of hydrogen-bond donors (Lipinski definition) is 0. The minimum atomic E-state index is -0.0440. The van der Waals surface area contributed by atoms with Crippen LogP contribution < -0.4 is 0 Å². The van der Waals surface area contributed by atoms with Gasteiger partial charge in [0.25, 0.3) is 0 Å². The van der Waals surface area contributed by atoms with Gasteiger partial charge >= 0.3 is 0 Å². The van der Waals surface area contributed by atoms with Crippen LogP contribution in [0.4, 0.5) is 0 Å². The number of carbonyl (C=O) groups is 1. The molecule has 27 heavy (non-hydrogen) atoms. The molecule has 0 spiro atoms. The first-order valence-corrected chi connectivity index (χ1v) is 9.61. The van der Waals surface area contributed by atoms with Crippen molar-refractivity contribution in [1.29, 1.82) is 0 Å². The number of hydrogen-bond acceptors (Lipinski definition) is 5. The summed E-state index contributed by atoms with van der Waals surface area (Å²) in [4.78, 5) is 24.3. The van der Waals surface area contributed by atoms with Crippen molar-refractivity contribution < 1.29 is 4.79 Å². The van der Waals surface area contributed by atoms with E-state index in [1.54, 1.807) is 10.9 Å². The van der Waals surface area contributed by atoms with Crippen molar-refractivity contribution in [3.63, 3.8) is 0 Å². The molecule has 140 valence electrons. The lowest BCUT2D eigenvalue weighted by atomic mass is 10.0. The van der Waals surface area contributed by atoms with Gasteiger partial charge in [0.1, 0.15) is 0 Å². The number of likely N-dealkylation sites (tertiary alicyclic amines) is 1. The summed E-state index contributed by atoms with van der Waals surface area (Å²) >= 11 is 0. The lowest BCUT2D eigenvalue weighted by Gasteiger charge is -2.31. The summed E-state index contributed by atoms with van der Waals surface area (Å²) in [5.74, 6) is 0.229. The number of pyridine rings is 2. The van der Waals surface area contributed by atoms with E-state index in [4.69, 9.17) is 4.98 Å². The number of carbonyl (C=O) groups excluding carboxylic acids is 1. The minimum absolute atomic E-state index is 0.0440. The number of fused-ring (bicyclic) bond motifs is 1. The molecule has 0 saturated carbocycles. The molecule has 1 aliphatic rings. The van der Waals surface area contributed by atoms with Gasteiger partial charge in [0, 0.05) is 36.1 Å². The number of piperidine rings is 1. The molecule has 1 fully saturated rings. The van der Waals surface area contributed by atoms with Gasteiger partial charge in [-0.2, -0.15) is 5.10 Å². The van der Waals surface area contributed by atoms with E-state index >= 15 is 0 Å². The molecule has 0 amide bonds. The van der Waals surface area contributed by atoms with Crippen LogP contribution in [-0.2, 0) is 18.3 Å². The molecule has 0 N–H and O–H groups in total. The Labute approximate surface area is 159 Å². The fraction of sp³-hybridized carbons (Fsp3) is 0.429. The van der Waals surface area contributed by atoms with Gasteiger partial charge in [0.05, 0.1) is 29.9 Å². The van der Waals surface area contributed by atoms with Crippen molar-refractivity contribution in [1.82, 2.24) is 24.6 Å². The van der Waals surface area contributed by atoms with Gasteiger partial charge in [-0.3, -0.25) is 19.4 Å². The Hall–Kier alpha value is -2.60. The largest absolute Gasteiger partial charge is 0.298 e. The Kier molecular flexibility index (Phi) is 4.99. The van der Waals surface area contributed by atoms with Crippen LogP contribution in [0.15, 0.2) is 36.8 Å². The predicted octanol–water partition coefficient (Wildman–Crippen LogP) is 3.02. The first-order chi connectivity index (χ1) is 13.1. The summed E-state index contributed by atoms with van der Waals surface area (Å²) in [5.41, 5.74) is 3.50. The molecule has 4 rings (SSSR count). The van der Waals surface area contributed by atoms with E-state index < -0.39 is 0 Å². The Morgan fingerprint density at radius 3 is 2.74 bits per heavy atom. The molecule has 3 aromatic rings. The third-order valence-corrected chi connectivity index (χ3v) is 5.39. The highest BCUT2D eigenvalue weighted by atomic mass is 16.1. The van der Waals surface area contributed by atoms with Crippen LogP contribution in [0.3, 0.4) is 0 Å². The summed E-state index contributed by atoms with van der Waals surface area (Å²) in [6.07, 6.45) is 9.56. The van der Waals surface area contributed by atoms with E-state index in [1.165, 1.54) is 19.3 Å². The second-order valence-corrected chi connectivity index (χ2v) is 7.38. The van der Waals surface area contributed by atoms with Crippen LogP contribution in [0, 0.1) is 0 Å². The SMILES string of the molecule is CC(C(=O)Cc1cc2nc(-c3cnn(C)c3)ccc2cn1)N1CCCCC1. The Bertz CT molecular complexity index is 958. The van der Waals surface area contributed by atoms with E-state index in [2.05, 4.69) is 15.0 Å². The van der Waals surface area contributed by atoms with Gasteiger partial charge in [0.2, 0.25) is 0 Å². The molecule has 0 aliphatic carbocycles. The smallest absolute Gasteiger partial charge is 0.155 e. The molecule has 1 atom stereocenters. The fourth-order valence-electron chi connectivity index (χ4n) is 3.70. The molecule has 0 bridgehead atoms. The van der Waals surface area contributed by atoms with Gasteiger partial charge in [-0.25, -0.2) is 4.98 Å². The van der Waals surface area contributed by atoms with Gasteiger partial charge in [-0.05, 0) is 51.1 Å². The number of rotatable bonds is 5. The minimum Gasteiger partial charge on any atom is -0.298 e. The third-order valence-electron chi connectivity index (χ3n) is 5.39. The van der Waals surface area contributed by atoms with Crippen LogP contribution >= 0.6 is 0 Å². The molecule has 0 aromatic carbocycles. The lowest BCUT2D eigenvalue weighted by Crippen LogP contribution is -2.42. The number of Topliss-reactive ketones (excluding diaryl/α,β-unsaturated/α-hetero) is 1. The van der Waals surface area contributed by atoms with Gasteiger partial charge < -0.3 is 0 Å². The number of aryl methyl sites for hydroxylation is 1. The molecule has 4 heterocycles. The molecule has 1 saturated heterocycles. The van der Waals surface area contributed by atoms with E-state index in [0.29, 0.717) is 6.42 Å². The Morgan fingerprint density at radius 2 is 2.00 bits per heavy atom. The number of aromatic nitrogens is 4. The second kappa shape index (κ2) is 7.56. The number of ketones is 1. The second-order valence-electron chi connectivity index (χ2n) is 7.38. The maximum atomic E-state index is 12.7. The summed E-state index contributed by atoms with van der Waals surface area (Å²) in [5, 5.41) is 5.18. The number of nitrogens with zero attached hydrogens (tertiary/aromatic N) is 5. The van der Waals surface area contributed by atoms with E-state index in [9.17, 15) is 4.79 Å². The summed E-state index contributed by atoms with van der Waals surface area (Å²) in [6.45, 7) is 4.07. The topological polar surface area (TPSA) is 63.9 Å². The summed E-state index contributed by atoms with van der Waals surface area (Å²) < 4.78 is 1.76. The quantitative estimate of drug-likeness (QED) is 0.697. The van der Waals surface area contributed by atoms with Crippen molar-refractivity contribution in [3.05, 3.63) is 42.5 Å². The zero-order valence-corrected chi connectivity index (χ0v) is 15.9. The van der Waals surface area contributed by atoms with Crippen molar-refractivity contribution in [2.24, 2.45) is 7.05 Å². The van der Waals surface area contributed by atoms with Crippen LogP contribution in [0.2, 0.25) is 0 Å². The highest BCUT2D eigenvalue weighted by Gasteiger charge is 2.23. The van der Waals surface area contributed by atoms with Crippen LogP contribution in [0.1, 0.15) is 31.9 Å². The van der Waals surface area contributed by atoms with Crippen LogP contribution in [0.5, 0.6) is 0 Å². The van der Waals surface area contributed by atoms with E-state index in [1.807, 2.05) is 44.6 Å². The predicted molar refractivity (Wildman–Crippen MR) is 105 cm³/mol. The average molecular weight is 363 g/mol. The highest BCUT2D eigenvalue weighted by molar-refractivity contribution is 5.87. The monoisotopic (exact) mass is 363 g/mol. The maximum absolute atomic E-state index is 12.7. The molecule has 6 nitrogen and oxygen atoms in total. The highest BCUT2D eigenvalue weighted by Crippen LogP contribution is 2.21. The molecule has 6 heteroatoms. The normalized spacial score (nSPS) is 16.5. The summed E-state index contributed by atoms with van der Waals surface area (Å²) in [6, 6.07) is 5.89. The maximum Gasteiger partial charge on any atom is 0.155 e. The third kappa shape index (κ3) is 3.90. The van der Waals surface area contributed by atoms with Crippen molar-refractivity contribution in [2.75, 3.05) is 13.1 Å². The van der Waals surface area contributed by atoms with Crippen molar-refractivity contribution >= 4 is 16.7 Å². The summed E-state index contributed by atoms with van der Waals surface area (Å²) in [7, 11) is 1.89. The van der Waals surface area contributed by atoms with Crippen molar-refractivity contribution in [3.8, 4) is 11.3 Å². The van der Waals surface area contributed by atoms with Gasteiger partial charge in [0.15, 0.2) is 5.78 Å². The standard InChI is InChI=1S/C21H25N5O/c1-15(26-8-4-3-5-9-26)21(27)11-18-10-20-16(12-22-18)6-7-19(24-20)17-13-23-25(2)14-17/h6-7,10,12-15H,3-5,8-9,11H2,1-2H3. The molecule has 3 aromatic heterocycles. The van der Waals surface area contributed by atoms with Gasteiger partial charge in [-0.15, -0.1) is 0 Å². The van der Waals surface area contributed by atoms with E-state index in [0.717, 1.165) is 40.9 Å². The molecule has 1 unspecified atom stereocenters. The lowest BCUT2D eigenvalue weighted by molar-refractivity contribution is -0.123. The average Bonchev–Trinajstić information content (AvgIpc) is 3.14. The first kappa shape index (κ1) is 17.8. The van der Waals surface area contributed by atoms with E-state index in [-0.39, 0.29) is 11.8 Å². The van der Waals surface area contributed by atoms with Crippen LogP contribution in [0.25, 0.3) is 22.2 Å².